The van der Waals surface area contributed by atoms with Gasteiger partial charge in [-0.15, -0.1) is 0 Å². The Morgan fingerprint density at radius 3 is 2.57 bits per heavy atom. The molecule has 8 nitrogen and oxygen atoms in total. The average molecular weight is 416 g/mol. The number of aromatic nitrogens is 4. The molecule has 3 aromatic rings. The second-order valence-corrected chi connectivity index (χ2v) is 6.57. The number of nitrogens with zero attached hydrogens (tertiary/aromatic N) is 4. The van der Waals surface area contributed by atoms with Crippen molar-refractivity contribution in [1.82, 2.24) is 25.3 Å². The molecule has 0 saturated carbocycles. The predicted octanol–water partition coefficient (Wildman–Crippen LogP) is 2.33. The Morgan fingerprint density at radius 2 is 1.97 bits per heavy atom. The number of hydrogen-bond acceptors (Lipinski definition) is 6. The molecule has 0 aliphatic heterocycles. The monoisotopic (exact) mass is 416 g/mol. The van der Waals surface area contributed by atoms with E-state index in [-0.39, 0.29) is 34.4 Å². The Balaban J connectivity index is 1.86. The van der Waals surface area contributed by atoms with E-state index in [1.165, 1.54) is 19.3 Å². The molecule has 0 bridgehead atoms. The van der Waals surface area contributed by atoms with Gasteiger partial charge in [-0.1, -0.05) is 0 Å². The van der Waals surface area contributed by atoms with Crippen LogP contribution in [0, 0.1) is 18.3 Å². The molecule has 30 heavy (non-hydrogen) atoms. The molecule has 0 aromatic carbocycles. The highest BCUT2D eigenvalue weighted by molar-refractivity contribution is 5.83. The largest absolute Gasteiger partial charge is 0.433 e. The van der Waals surface area contributed by atoms with Crippen LogP contribution in [0.2, 0.25) is 0 Å². The van der Waals surface area contributed by atoms with Crippen molar-refractivity contribution in [1.29, 1.82) is 5.26 Å². The third kappa shape index (κ3) is 4.27. The molecule has 0 fully saturated rings. The zero-order valence-corrected chi connectivity index (χ0v) is 15.8. The van der Waals surface area contributed by atoms with Crippen LogP contribution in [0.1, 0.15) is 41.2 Å². The fourth-order valence-corrected chi connectivity index (χ4v) is 2.88. The molecule has 2 N–H and O–H groups in total. The second-order valence-electron chi connectivity index (χ2n) is 6.57. The molecule has 3 aromatic heterocycles. The minimum Gasteiger partial charge on any atom is -0.349 e. The molecular weight excluding hydrogens is 401 g/mol. The van der Waals surface area contributed by atoms with E-state index in [0.29, 0.717) is 5.56 Å². The molecule has 3 rings (SSSR count). The summed E-state index contributed by atoms with van der Waals surface area (Å²) in [6, 6.07) is 3.19. The molecule has 0 saturated heterocycles. The maximum atomic E-state index is 13.0. The van der Waals surface area contributed by atoms with Crippen LogP contribution in [0.3, 0.4) is 0 Å². The summed E-state index contributed by atoms with van der Waals surface area (Å²) >= 11 is 0. The highest BCUT2D eigenvalue weighted by Gasteiger charge is 2.32. The molecule has 0 radical (unpaired) electrons. The van der Waals surface area contributed by atoms with E-state index < -0.39 is 29.4 Å². The molecule has 0 aliphatic carbocycles. The average Bonchev–Trinajstić information content (AvgIpc) is 2.70. The first-order valence-electron chi connectivity index (χ1n) is 8.71. The van der Waals surface area contributed by atoms with Gasteiger partial charge in [0.15, 0.2) is 0 Å². The van der Waals surface area contributed by atoms with Crippen LogP contribution in [0.4, 0.5) is 13.2 Å². The number of aromatic amines is 1. The number of halogens is 3. The van der Waals surface area contributed by atoms with E-state index in [1.54, 1.807) is 13.0 Å². The van der Waals surface area contributed by atoms with Gasteiger partial charge in [-0.05, 0) is 31.5 Å². The lowest BCUT2D eigenvalue weighted by Crippen LogP contribution is -2.31. The summed E-state index contributed by atoms with van der Waals surface area (Å²) in [6.45, 7) is 3.11. The van der Waals surface area contributed by atoms with Crippen molar-refractivity contribution in [3.63, 3.8) is 0 Å². The minimum absolute atomic E-state index is 0.0127. The fraction of sp³-hybridized carbons (Fsp3) is 0.263. The SMILES string of the molecule is Cc1c(CC(=O)N[C@@H](C)c2cnc(C#N)nc2)c(=O)[nH]c2ccc(C(F)(F)F)nc12. The maximum Gasteiger partial charge on any atom is 0.433 e. The highest BCUT2D eigenvalue weighted by atomic mass is 19.4. The van der Waals surface area contributed by atoms with E-state index >= 15 is 0 Å². The number of rotatable bonds is 4. The zero-order valence-electron chi connectivity index (χ0n) is 15.8. The summed E-state index contributed by atoms with van der Waals surface area (Å²) in [4.78, 5) is 38.5. The second kappa shape index (κ2) is 7.90. The normalized spacial score (nSPS) is 12.4. The van der Waals surface area contributed by atoms with Gasteiger partial charge >= 0.3 is 6.18 Å². The first-order valence-corrected chi connectivity index (χ1v) is 8.71. The summed E-state index contributed by atoms with van der Waals surface area (Å²) < 4.78 is 38.9. The van der Waals surface area contributed by atoms with Gasteiger partial charge in [0.05, 0.1) is 23.5 Å². The molecule has 0 unspecified atom stereocenters. The first-order chi connectivity index (χ1) is 14.1. The smallest absolute Gasteiger partial charge is 0.349 e. The number of amides is 1. The van der Waals surface area contributed by atoms with Crippen LogP contribution >= 0.6 is 0 Å². The number of carbonyl (C=O) groups is 1. The maximum absolute atomic E-state index is 13.0. The van der Waals surface area contributed by atoms with Gasteiger partial charge in [-0.2, -0.15) is 18.4 Å². The summed E-state index contributed by atoms with van der Waals surface area (Å²) in [5.41, 5.74) is -0.776. The third-order valence-corrected chi connectivity index (χ3v) is 4.50. The van der Waals surface area contributed by atoms with E-state index in [2.05, 4.69) is 25.3 Å². The van der Waals surface area contributed by atoms with E-state index in [4.69, 9.17) is 5.26 Å². The van der Waals surface area contributed by atoms with Crippen LogP contribution < -0.4 is 10.9 Å². The van der Waals surface area contributed by atoms with Gasteiger partial charge in [0.1, 0.15) is 11.8 Å². The van der Waals surface area contributed by atoms with Crippen molar-refractivity contribution in [2.24, 2.45) is 0 Å². The van der Waals surface area contributed by atoms with Gasteiger partial charge in [-0.25, -0.2) is 15.0 Å². The van der Waals surface area contributed by atoms with Crippen molar-refractivity contribution in [3.05, 3.63) is 63.1 Å². The van der Waals surface area contributed by atoms with Gasteiger partial charge < -0.3 is 10.3 Å². The van der Waals surface area contributed by atoms with Crippen LogP contribution in [-0.2, 0) is 17.4 Å². The summed E-state index contributed by atoms with van der Waals surface area (Å²) in [5.74, 6) is -0.534. The van der Waals surface area contributed by atoms with E-state index in [0.717, 1.165) is 12.1 Å². The molecule has 0 spiro atoms. The number of nitrogens with one attached hydrogen (secondary N) is 2. The first kappa shape index (κ1) is 20.9. The molecular formula is C19H15F3N6O2. The molecule has 3 heterocycles. The Bertz CT molecular complexity index is 1210. The van der Waals surface area contributed by atoms with Gasteiger partial charge in [0, 0.05) is 23.5 Å². The van der Waals surface area contributed by atoms with Gasteiger partial charge in [-0.3, -0.25) is 9.59 Å². The summed E-state index contributed by atoms with van der Waals surface area (Å²) in [5, 5.41) is 11.4. The summed E-state index contributed by atoms with van der Waals surface area (Å²) in [7, 11) is 0. The lowest BCUT2D eigenvalue weighted by Gasteiger charge is -2.15. The zero-order chi connectivity index (χ0) is 22.1. The molecule has 154 valence electrons. The minimum atomic E-state index is -4.63. The van der Waals surface area contributed by atoms with Gasteiger partial charge in [0.25, 0.3) is 5.56 Å². The highest BCUT2D eigenvalue weighted by Crippen LogP contribution is 2.29. The van der Waals surface area contributed by atoms with Crippen LogP contribution in [0.25, 0.3) is 11.0 Å². The predicted molar refractivity (Wildman–Crippen MR) is 99.1 cm³/mol. The molecule has 1 amide bonds. The van der Waals surface area contributed by atoms with Crippen molar-refractivity contribution < 1.29 is 18.0 Å². The number of pyridine rings is 2. The quantitative estimate of drug-likeness (QED) is 0.673. The molecule has 0 aliphatic rings. The summed E-state index contributed by atoms with van der Waals surface area (Å²) in [6.07, 6.45) is -2.19. The molecule has 1 atom stereocenters. The number of aryl methyl sites for hydroxylation is 1. The van der Waals surface area contributed by atoms with Crippen molar-refractivity contribution >= 4 is 16.9 Å². The topological polar surface area (TPSA) is 124 Å². The Kier molecular flexibility index (Phi) is 5.51. The lowest BCUT2D eigenvalue weighted by molar-refractivity contribution is -0.141. The number of fused-ring (bicyclic) bond motifs is 1. The third-order valence-electron chi connectivity index (χ3n) is 4.50. The molecule has 11 heteroatoms. The van der Waals surface area contributed by atoms with Crippen LogP contribution in [0.15, 0.2) is 29.3 Å². The van der Waals surface area contributed by atoms with Gasteiger partial charge in [0.2, 0.25) is 11.7 Å². The van der Waals surface area contributed by atoms with Crippen LogP contribution in [0.5, 0.6) is 0 Å². The number of hydrogen-bond donors (Lipinski definition) is 2. The van der Waals surface area contributed by atoms with E-state index in [1.807, 2.05) is 0 Å². The Morgan fingerprint density at radius 1 is 1.30 bits per heavy atom. The lowest BCUT2D eigenvalue weighted by atomic mass is 10.0. The number of H-pyrrole nitrogens is 1. The Labute approximate surface area is 167 Å². The number of nitriles is 1. The number of alkyl halides is 3. The van der Waals surface area contributed by atoms with Crippen molar-refractivity contribution in [2.75, 3.05) is 0 Å². The fourth-order valence-electron chi connectivity index (χ4n) is 2.88. The Hall–Kier alpha value is -3.81. The van der Waals surface area contributed by atoms with Crippen LogP contribution in [-0.4, -0.2) is 25.8 Å². The van der Waals surface area contributed by atoms with Crippen molar-refractivity contribution in [2.45, 2.75) is 32.5 Å². The van der Waals surface area contributed by atoms with E-state index in [9.17, 15) is 22.8 Å². The van der Waals surface area contributed by atoms with Crippen molar-refractivity contribution in [3.8, 4) is 6.07 Å². The standard InChI is InChI=1S/C19H15F3N6O2/c1-9-12(5-16(29)26-10(2)11-7-24-15(6-23)25-8-11)18(30)27-13-3-4-14(19(20,21)22)28-17(9)13/h3-4,7-8,10H,5H2,1-2H3,(H,26,29)(H,27,30)/t10-/m0/s1. The number of carbonyl (C=O) groups excluding carboxylic acids is 1.